The topological polar surface area (TPSA) is 64.3 Å². The molecule has 0 aromatic heterocycles. The second kappa shape index (κ2) is 5.97. The Morgan fingerprint density at radius 3 is 2.86 bits per heavy atom. The SMILES string of the molecule is N[C@H]1CCc2cc(OCC(=O)Nc3ccccc3)ccc21. The maximum atomic E-state index is 11.8. The lowest BCUT2D eigenvalue weighted by molar-refractivity contribution is -0.118. The van der Waals surface area contributed by atoms with Gasteiger partial charge in [0.15, 0.2) is 6.61 Å². The Labute approximate surface area is 123 Å². The smallest absolute Gasteiger partial charge is 0.262 e. The van der Waals surface area contributed by atoms with Crippen LogP contribution >= 0.6 is 0 Å². The number of rotatable bonds is 4. The second-order valence-electron chi connectivity index (χ2n) is 5.21. The molecule has 4 heteroatoms. The van der Waals surface area contributed by atoms with E-state index >= 15 is 0 Å². The van der Waals surface area contributed by atoms with Crippen LogP contribution in [0.5, 0.6) is 5.75 Å². The van der Waals surface area contributed by atoms with Crippen LogP contribution in [0.2, 0.25) is 0 Å². The van der Waals surface area contributed by atoms with Gasteiger partial charge in [0.25, 0.3) is 5.91 Å². The van der Waals surface area contributed by atoms with Crippen LogP contribution in [0.15, 0.2) is 48.5 Å². The Morgan fingerprint density at radius 2 is 2.05 bits per heavy atom. The summed E-state index contributed by atoms with van der Waals surface area (Å²) in [6, 6.07) is 15.3. The number of ether oxygens (including phenoxy) is 1. The first kappa shape index (κ1) is 13.6. The molecule has 2 aromatic rings. The van der Waals surface area contributed by atoms with E-state index in [0.717, 1.165) is 18.5 Å². The van der Waals surface area contributed by atoms with Gasteiger partial charge in [-0.2, -0.15) is 0 Å². The fraction of sp³-hybridized carbons (Fsp3) is 0.235. The molecule has 0 fully saturated rings. The van der Waals surface area contributed by atoms with Crippen molar-refractivity contribution in [1.82, 2.24) is 0 Å². The summed E-state index contributed by atoms with van der Waals surface area (Å²) >= 11 is 0. The number of para-hydroxylation sites is 1. The van der Waals surface area contributed by atoms with Crippen molar-refractivity contribution in [3.63, 3.8) is 0 Å². The summed E-state index contributed by atoms with van der Waals surface area (Å²) < 4.78 is 5.55. The molecule has 3 N–H and O–H groups in total. The van der Waals surface area contributed by atoms with Crippen molar-refractivity contribution in [1.29, 1.82) is 0 Å². The average Bonchev–Trinajstić information content (AvgIpc) is 2.87. The molecule has 1 aliphatic carbocycles. The highest BCUT2D eigenvalue weighted by Crippen LogP contribution is 2.31. The molecule has 1 amide bonds. The Morgan fingerprint density at radius 1 is 1.24 bits per heavy atom. The van der Waals surface area contributed by atoms with Crippen LogP contribution in [0.3, 0.4) is 0 Å². The number of hydrogen-bond acceptors (Lipinski definition) is 3. The molecular weight excluding hydrogens is 264 g/mol. The lowest BCUT2D eigenvalue weighted by Gasteiger charge is -2.09. The van der Waals surface area contributed by atoms with Crippen LogP contribution in [-0.4, -0.2) is 12.5 Å². The zero-order chi connectivity index (χ0) is 14.7. The van der Waals surface area contributed by atoms with E-state index in [4.69, 9.17) is 10.5 Å². The minimum Gasteiger partial charge on any atom is -0.484 e. The molecule has 0 bridgehead atoms. The lowest BCUT2D eigenvalue weighted by Crippen LogP contribution is -2.20. The summed E-state index contributed by atoms with van der Waals surface area (Å²) in [5.41, 5.74) is 9.19. The third kappa shape index (κ3) is 3.23. The maximum Gasteiger partial charge on any atom is 0.262 e. The quantitative estimate of drug-likeness (QED) is 0.906. The van der Waals surface area contributed by atoms with E-state index < -0.39 is 0 Å². The molecule has 3 rings (SSSR count). The van der Waals surface area contributed by atoms with Crippen molar-refractivity contribution >= 4 is 11.6 Å². The molecule has 21 heavy (non-hydrogen) atoms. The van der Waals surface area contributed by atoms with E-state index in [1.165, 1.54) is 11.1 Å². The largest absolute Gasteiger partial charge is 0.484 e. The number of nitrogens with one attached hydrogen (secondary N) is 1. The van der Waals surface area contributed by atoms with Gasteiger partial charge in [0.1, 0.15) is 5.75 Å². The van der Waals surface area contributed by atoms with Crippen LogP contribution in [0, 0.1) is 0 Å². The van der Waals surface area contributed by atoms with Crippen LogP contribution in [-0.2, 0) is 11.2 Å². The Hall–Kier alpha value is -2.33. The van der Waals surface area contributed by atoms with Gasteiger partial charge in [-0.05, 0) is 48.2 Å². The highest BCUT2D eigenvalue weighted by molar-refractivity contribution is 5.91. The summed E-state index contributed by atoms with van der Waals surface area (Å²) in [5.74, 6) is 0.546. The normalized spacial score (nSPS) is 16.3. The summed E-state index contributed by atoms with van der Waals surface area (Å²) in [5, 5.41) is 2.79. The van der Waals surface area contributed by atoms with E-state index in [1.807, 2.05) is 48.5 Å². The number of hydrogen-bond donors (Lipinski definition) is 2. The summed E-state index contributed by atoms with van der Waals surface area (Å²) in [4.78, 5) is 11.8. The average molecular weight is 282 g/mol. The van der Waals surface area contributed by atoms with Crippen molar-refractivity contribution in [3.8, 4) is 5.75 Å². The summed E-state index contributed by atoms with van der Waals surface area (Å²) in [6.07, 6.45) is 1.96. The standard InChI is InChI=1S/C17H18N2O2/c18-16-9-6-12-10-14(7-8-15(12)16)21-11-17(20)19-13-4-2-1-3-5-13/h1-5,7-8,10,16H,6,9,11,18H2,(H,19,20)/t16-/m0/s1. The third-order valence-corrected chi connectivity index (χ3v) is 3.67. The number of carbonyl (C=O) groups excluding carboxylic acids is 1. The van der Waals surface area contributed by atoms with Gasteiger partial charge in [-0.1, -0.05) is 24.3 Å². The molecule has 0 spiro atoms. The van der Waals surface area contributed by atoms with E-state index in [2.05, 4.69) is 5.32 Å². The minimum atomic E-state index is -0.168. The summed E-state index contributed by atoms with van der Waals surface area (Å²) in [6.45, 7) is -0.000263. The van der Waals surface area contributed by atoms with E-state index in [9.17, 15) is 4.79 Å². The lowest BCUT2D eigenvalue weighted by atomic mass is 10.1. The monoisotopic (exact) mass is 282 g/mol. The van der Waals surface area contributed by atoms with Crippen molar-refractivity contribution < 1.29 is 9.53 Å². The number of anilines is 1. The van der Waals surface area contributed by atoms with Crippen LogP contribution < -0.4 is 15.8 Å². The first-order valence-corrected chi connectivity index (χ1v) is 7.08. The first-order valence-electron chi connectivity index (χ1n) is 7.08. The van der Waals surface area contributed by atoms with Gasteiger partial charge in [-0.25, -0.2) is 0 Å². The van der Waals surface area contributed by atoms with Gasteiger partial charge >= 0.3 is 0 Å². The second-order valence-corrected chi connectivity index (χ2v) is 5.21. The molecule has 0 radical (unpaired) electrons. The predicted octanol–water partition coefficient (Wildman–Crippen LogP) is 2.65. The number of nitrogens with two attached hydrogens (primary N) is 1. The predicted molar refractivity (Wildman–Crippen MR) is 82.3 cm³/mol. The highest BCUT2D eigenvalue weighted by atomic mass is 16.5. The van der Waals surface area contributed by atoms with Gasteiger partial charge in [0, 0.05) is 11.7 Å². The van der Waals surface area contributed by atoms with Gasteiger partial charge in [-0.15, -0.1) is 0 Å². The van der Waals surface area contributed by atoms with E-state index in [0.29, 0.717) is 5.75 Å². The highest BCUT2D eigenvalue weighted by Gasteiger charge is 2.19. The third-order valence-electron chi connectivity index (χ3n) is 3.67. The molecule has 4 nitrogen and oxygen atoms in total. The van der Waals surface area contributed by atoms with Gasteiger partial charge in [0.05, 0.1) is 0 Å². The number of amides is 1. The zero-order valence-electron chi connectivity index (χ0n) is 11.7. The van der Waals surface area contributed by atoms with Gasteiger partial charge < -0.3 is 15.8 Å². The molecule has 0 saturated heterocycles. The molecule has 1 atom stereocenters. The van der Waals surface area contributed by atoms with Gasteiger partial charge in [-0.3, -0.25) is 4.79 Å². The minimum absolute atomic E-state index is 0.000263. The van der Waals surface area contributed by atoms with Crippen molar-refractivity contribution in [2.75, 3.05) is 11.9 Å². The fourth-order valence-corrected chi connectivity index (χ4v) is 2.58. The Bertz CT molecular complexity index is 640. The number of fused-ring (bicyclic) bond motifs is 1. The zero-order valence-corrected chi connectivity index (χ0v) is 11.7. The molecule has 0 aliphatic heterocycles. The molecule has 0 unspecified atom stereocenters. The molecule has 108 valence electrons. The van der Waals surface area contributed by atoms with Crippen molar-refractivity contribution in [2.24, 2.45) is 5.73 Å². The first-order chi connectivity index (χ1) is 10.2. The van der Waals surface area contributed by atoms with Crippen LogP contribution in [0.25, 0.3) is 0 Å². The molecular formula is C17H18N2O2. The van der Waals surface area contributed by atoms with Crippen LogP contribution in [0.4, 0.5) is 5.69 Å². The van der Waals surface area contributed by atoms with Crippen molar-refractivity contribution in [3.05, 3.63) is 59.7 Å². The number of aryl methyl sites for hydroxylation is 1. The summed E-state index contributed by atoms with van der Waals surface area (Å²) in [7, 11) is 0. The van der Waals surface area contributed by atoms with Crippen molar-refractivity contribution in [2.45, 2.75) is 18.9 Å². The number of benzene rings is 2. The number of carbonyl (C=O) groups is 1. The molecule has 0 saturated carbocycles. The van der Waals surface area contributed by atoms with Gasteiger partial charge in [0.2, 0.25) is 0 Å². The maximum absolute atomic E-state index is 11.8. The molecule has 2 aromatic carbocycles. The molecule has 1 aliphatic rings. The van der Waals surface area contributed by atoms with E-state index in [1.54, 1.807) is 0 Å². The molecule has 0 heterocycles. The Balaban J connectivity index is 1.57. The Kier molecular flexibility index (Phi) is 3.88. The van der Waals surface area contributed by atoms with E-state index in [-0.39, 0.29) is 18.6 Å². The fourth-order valence-electron chi connectivity index (χ4n) is 2.58. The van der Waals surface area contributed by atoms with Crippen LogP contribution in [0.1, 0.15) is 23.6 Å².